The monoisotopic (exact) mass is 295 g/mol. The molecule has 1 heterocycles. The van der Waals surface area contributed by atoms with Gasteiger partial charge in [-0.25, -0.2) is 13.1 Å². The van der Waals surface area contributed by atoms with Gasteiger partial charge in [0.1, 0.15) is 4.90 Å². The van der Waals surface area contributed by atoms with E-state index < -0.39 is 15.6 Å². The van der Waals surface area contributed by atoms with Crippen molar-refractivity contribution < 1.29 is 13.5 Å². The topological polar surface area (TPSA) is 108 Å². The molecular formula is C13H17N3O3S. The van der Waals surface area contributed by atoms with Crippen LogP contribution in [0.25, 0.3) is 10.9 Å². The van der Waals surface area contributed by atoms with E-state index in [1.54, 1.807) is 18.2 Å². The van der Waals surface area contributed by atoms with Gasteiger partial charge in [-0.3, -0.25) is 0 Å². The van der Waals surface area contributed by atoms with Gasteiger partial charge in [-0.15, -0.1) is 0 Å². The maximum Gasteiger partial charge on any atom is 0.243 e. The molecule has 1 fully saturated rings. The number of rotatable bonds is 4. The molecule has 0 bridgehead atoms. The van der Waals surface area contributed by atoms with E-state index in [0.717, 1.165) is 6.42 Å². The van der Waals surface area contributed by atoms with Crippen LogP contribution in [0.3, 0.4) is 0 Å². The van der Waals surface area contributed by atoms with E-state index in [1.807, 2.05) is 0 Å². The molecule has 0 saturated heterocycles. The third-order valence-corrected chi connectivity index (χ3v) is 5.54. The lowest BCUT2D eigenvalue weighted by Gasteiger charge is -2.40. The average molecular weight is 295 g/mol. The van der Waals surface area contributed by atoms with Crippen LogP contribution in [-0.4, -0.2) is 30.7 Å². The van der Waals surface area contributed by atoms with E-state index in [-0.39, 0.29) is 11.5 Å². The number of hydrogen-bond donors (Lipinski definition) is 4. The Balaban J connectivity index is 2.03. The molecule has 0 atom stereocenters. The number of benzene rings is 1. The number of H-pyrrole nitrogens is 1. The third-order valence-electron chi connectivity index (χ3n) is 3.92. The molecule has 1 aromatic carbocycles. The minimum atomic E-state index is -3.69. The van der Waals surface area contributed by atoms with Gasteiger partial charge in [-0.05, 0) is 37.5 Å². The third kappa shape index (κ3) is 2.07. The number of nitrogen functional groups attached to an aromatic ring is 1. The van der Waals surface area contributed by atoms with E-state index in [4.69, 9.17) is 5.73 Å². The highest BCUT2D eigenvalue weighted by Crippen LogP contribution is 2.34. The van der Waals surface area contributed by atoms with Crippen molar-refractivity contribution in [1.29, 1.82) is 0 Å². The smallest absolute Gasteiger partial charge is 0.243 e. The predicted octanol–water partition coefficient (Wildman–Crippen LogP) is 0.943. The molecule has 5 N–H and O–H groups in total. The molecule has 0 spiro atoms. The summed E-state index contributed by atoms with van der Waals surface area (Å²) < 4.78 is 27.6. The summed E-state index contributed by atoms with van der Waals surface area (Å²) in [7, 11) is -3.69. The van der Waals surface area contributed by atoms with Crippen LogP contribution in [0.4, 0.5) is 5.69 Å². The predicted molar refractivity (Wildman–Crippen MR) is 76.7 cm³/mol. The number of aromatic amines is 1. The van der Waals surface area contributed by atoms with Crippen molar-refractivity contribution in [2.45, 2.75) is 29.7 Å². The summed E-state index contributed by atoms with van der Waals surface area (Å²) in [5.41, 5.74) is 6.23. The highest BCUT2D eigenvalue weighted by atomic mass is 32.2. The van der Waals surface area contributed by atoms with Crippen LogP contribution in [0, 0.1) is 0 Å². The maximum atomic E-state index is 12.5. The zero-order valence-corrected chi connectivity index (χ0v) is 11.7. The van der Waals surface area contributed by atoms with Crippen LogP contribution in [0.2, 0.25) is 0 Å². The van der Waals surface area contributed by atoms with Gasteiger partial charge in [0, 0.05) is 22.8 Å². The number of aliphatic hydroxyl groups is 1. The van der Waals surface area contributed by atoms with Crippen LogP contribution in [0.15, 0.2) is 29.3 Å². The van der Waals surface area contributed by atoms with Crippen LogP contribution >= 0.6 is 0 Å². The highest BCUT2D eigenvalue weighted by Gasteiger charge is 2.40. The highest BCUT2D eigenvalue weighted by molar-refractivity contribution is 7.89. The molecule has 1 aromatic heterocycles. The van der Waals surface area contributed by atoms with Crippen molar-refractivity contribution >= 4 is 26.6 Å². The molecule has 7 heteroatoms. The molecule has 1 aliphatic carbocycles. The first-order valence-electron chi connectivity index (χ1n) is 6.47. The Labute approximate surface area is 117 Å². The molecule has 0 amide bonds. The second-order valence-corrected chi connectivity index (χ2v) is 7.01. The zero-order valence-electron chi connectivity index (χ0n) is 10.9. The summed E-state index contributed by atoms with van der Waals surface area (Å²) >= 11 is 0. The van der Waals surface area contributed by atoms with Gasteiger partial charge in [0.15, 0.2) is 0 Å². The fourth-order valence-corrected chi connectivity index (χ4v) is 4.19. The molecule has 0 unspecified atom stereocenters. The number of aliphatic hydroxyl groups excluding tert-OH is 1. The summed E-state index contributed by atoms with van der Waals surface area (Å²) in [6.07, 6.45) is 3.69. The van der Waals surface area contributed by atoms with Crippen molar-refractivity contribution in [1.82, 2.24) is 9.71 Å². The number of anilines is 1. The fraction of sp³-hybridized carbons (Fsp3) is 0.385. The van der Waals surface area contributed by atoms with Gasteiger partial charge in [-0.2, -0.15) is 0 Å². The molecule has 2 aromatic rings. The van der Waals surface area contributed by atoms with E-state index in [9.17, 15) is 13.5 Å². The number of nitrogens with two attached hydrogens (primary N) is 1. The van der Waals surface area contributed by atoms with Crippen LogP contribution in [0.5, 0.6) is 0 Å². The normalized spacial score (nSPS) is 18.1. The first-order chi connectivity index (χ1) is 9.46. The minimum Gasteiger partial charge on any atom is -0.399 e. The van der Waals surface area contributed by atoms with E-state index in [1.165, 1.54) is 6.20 Å². The number of fused-ring (bicyclic) bond motifs is 1. The maximum absolute atomic E-state index is 12.5. The Morgan fingerprint density at radius 2 is 2.15 bits per heavy atom. The number of sulfonamides is 1. The number of nitrogens with one attached hydrogen (secondary N) is 2. The van der Waals surface area contributed by atoms with Crippen molar-refractivity contribution in [2.24, 2.45) is 0 Å². The molecule has 1 saturated carbocycles. The minimum absolute atomic E-state index is 0.166. The Bertz CT molecular complexity index is 742. The summed E-state index contributed by atoms with van der Waals surface area (Å²) in [5.74, 6) is 0. The quantitative estimate of drug-likeness (QED) is 0.629. The molecule has 0 radical (unpaired) electrons. The second-order valence-electron chi connectivity index (χ2n) is 5.36. The molecule has 6 nitrogen and oxygen atoms in total. The number of aromatic nitrogens is 1. The van der Waals surface area contributed by atoms with E-state index >= 15 is 0 Å². The number of hydrogen-bond acceptors (Lipinski definition) is 4. The first-order valence-corrected chi connectivity index (χ1v) is 7.96. The van der Waals surface area contributed by atoms with Crippen molar-refractivity contribution in [2.75, 3.05) is 12.3 Å². The van der Waals surface area contributed by atoms with Crippen molar-refractivity contribution in [3.8, 4) is 0 Å². The summed E-state index contributed by atoms with van der Waals surface area (Å²) in [6.45, 7) is -0.184. The van der Waals surface area contributed by atoms with Crippen molar-refractivity contribution in [3.05, 3.63) is 24.4 Å². The zero-order chi connectivity index (χ0) is 14.4. The van der Waals surface area contributed by atoms with Gasteiger partial charge >= 0.3 is 0 Å². The fourth-order valence-electron chi connectivity index (χ4n) is 2.57. The second kappa shape index (κ2) is 4.47. The lowest BCUT2D eigenvalue weighted by Crippen LogP contribution is -2.55. The van der Waals surface area contributed by atoms with Crippen LogP contribution in [-0.2, 0) is 10.0 Å². The summed E-state index contributed by atoms with van der Waals surface area (Å²) in [4.78, 5) is 3.09. The SMILES string of the molecule is Nc1ccc2[nH]cc(S(=O)(=O)NC3(CO)CCC3)c2c1. The molecule has 108 valence electrons. The lowest BCUT2D eigenvalue weighted by molar-refractivity contribution is 0.111. The summed E-state index contributed by atoms with van der Waals surface area (Å²) in [5, 5.41) is 9.96. The standard InChI is InChI=1S/C13H17N3O3S/c14-9-2-3-11-10(6-9)12(7-15-11)20(18,19)16-13(8-17)4-1-5-13/h2-3,6-7,15-17H,1,4-5,8,14H2. The van der Waals surface area contributed by atoms with E-state index in [2.05, 4.69) is 9.71 Å². The molecule has 0 aliphatic heterocycles. The van der Waals surface area contributed by atoms with Gasteiger partial charge in [-0.1, -0.05) is 0 Å². The first kappa shape index (κ1) is 13.4. The Morgan fingerprint density at radius 1 is 1.40 bits per heavy atom. The van der Waals surface area contributed by atoms with Gasteiger partial charge in [0.2, 0.25) is 10.0 Å². The Hall–Kier alpha value is -1.57. The van der Waals surface area contributed by atoms with Gasteiger partial charge in [0.05, 0.1) is 12.1 Å². The van der Waals surface area contributed by atoms with Gasteiger partial charge in [0.25, 0.3) is 0 Å². The van der Waals surface area contributed by atoms with Crippen LogP contribution in [0.1, 0.15) is 19.3 Å². The molecule has 1 aliphatic rings. The molecule has 20 heavy (non-hydrogen) atoms. The Kier molecular flexibility index (Phi) is 3.00. The molecule has 3 rings (SSSR count). The van der Waals surface area contributed by atoms with Crippen LogP contribution < -0.4 is 10.5 Å². The largest absolute Gasteiger partial charge is 0.399 e. The average Bonchev–Trinajstić information content (AvgIpc) is 2.77. The lowest BCUT2D eigenvalue weighted by atomic mass is 9.78. The summed E-state index contributed by atoms with van der Waals surface area (Å²) in [6, 6.07) is 5.09. The molecular weight excluding hydrogens is 278 g/mol. The van der Waals surface area contributed by atoms with Crippen molar-refractivity contribution in [3.63, 3.8) is 0 Å². The van der Waals surface area contributed by atoms with E-state index in [0.29, 0.717) is 29.4 Å². The Morgan fingerprint density at radius 3 is 2.75 bits per heavy atom. The van der Waals surface area contributed by atoms with Gasteiger partial charge < -0.3 is 15.8 Å².